The maximum atomic E-state index is 11.9. The number of hydrogen-bond acceptors (Lipinski definition) is 7. The molecule has 9 heteroatoms. The average Bonchev–Trinajstić information content (AvgIpc) is 2.99. The first-order valence-electron chi connectivity index (χ1n) is 6.88. The fraction of sp³-hybridized carbons (Fsp3) is 0.583. The fourth-order valence-corrected chi connectivity index (χ4v) is 2.22. The van der Waals surface area contributed by atoms with E-state index in [1.165, 1.54) is 6.33 Å². The molecule has 1 fully saturated rings. The van der Waals surface area contributed by atoms with Gasteiger partial charge >= 0.3 is 5.69 Å². The first kappa shape index (κ1) is 14.9. The highest BCUT2D eigenvalue weighted by Gasteiger charge is 2.24. The van der Waals surface area contributed by atoms with E-state index in [1.54, 1.807) is 4.90 Å². The summed E-state index contributed by atoms with van der Waals surface area (Å²) < 4.78 is 0. The lowest BCUT2D eigenvalue weighted by molar-refractivity contribution is -0.383. The van der Waals surface area contributed by atoms with Gasteiger partial charge in [0.2, 0.25) is 17.5 Å². The molecular weight excluding hydrogens is 276 g/mol. The number of nitrogens with zero attached hydrogens (tertiary/aromatic N) is 4. The lowest BCUT2D eigenvalue weighted by Crippen LogP contribution is -2.33. The standard InChI is InChI=1S/C12H18N6O3/c1-2-13-11-10(18(20)21)12(16-8-15-11)14-7-9(19)17-5-3-4-6-17/h8H,2-7H2,1H3,(H2,13,14,15,16). The first-order chi connectivity index (χ1) is 10.1. The number of nitrogens with one attached hydrogen (secondary N) is 2. The van der Waals surface area contributed by atoms with Crippen LogP contribution >= 0.6 is 0 Å². The summed E-state index contributed by atoms with van der Waals surface area (Å²) in [6.07, 6.45) is 3.24. The minimum absolute atomic E-state index is 0.0105. The Labute approximate surface area is 121 Å². The molecule has 0 aromatic carbocycles. The van der Waals surface area contributed by atoms with E-state index in [2.05, 4.69) is 20.6 Å². The predicted molar refractivity (Wildman–Crippen MR) is 77.2 cm³/mol. The van der Waals surface area contributed by atoms with Gasteiger partial charge in [0.1, 0.15) is 6.33 Å². The molecule has 1 saturated heterocycles. The van der Waals surface area contributed by atoms with Gasteiger partial charge in [-0.25, -0.2) is 9.97 Å². The van der Waals surface area contributed by atoms with Crippen molar-refractivity contribution in [1.29, 1.82) is 0 Å². The summed E-state index contributed by atoms with van der Waals surface area (Å²) in [6.45, 7) is 3.80. The monoisotopic (exact) mass is 294 g/mol. The Hall–Kier alpha value is -2.45. The zero-order valence-electron chi connectivity index (χ0n) is 11.8. The Kier molecular flexibility index (Phi) is 4.85. The van der Waals surface area contributed by atoms with Crippen LogP contribution in [0.4, 0.5) is 17.3 Å². The molecule has 0 radical (unpaired) electrons. The number of carbonyl (C=O) groups is 1. The molecule has 0 saturated carbocycles. The maximum absolute atomic E-state index is 11.9. The third-order valence-corrected chi connectivity index (χ3v) is 3.21. The van der Waals surface area contributed by atoms with E-state index in [4.69, 9.17) is 0 Å². The Morgan fingerprint density at radius 3 is 2.52 bits per heavy atom. The summed E-state index contributed by atoms with van der Waals surface area (Å²) in [5.74, 6) is 0.123. The molecule has 114 valence electrons. The molecule has 0 bridgehead atoms. The highest BCUT2D eigenvalue weighted by molar-refractivity contribution is 5.82. The molecule has 21 heavy (non-hydrogen) atoms. The second kappa shape index (κ2) is 6.82. The van der Waals surface area contributed by atoms with Gasteiger partial charge in [0.05, 0.1) is 11.5 Å². The van der Waals surface area contributed by atoms with E-state index >= 15 is 0 Å². The van der Waals surface area contributed by atoms with Crippen LogP contribution in [0.5, 0.6) is 0 Å². The molecule has 0 aliphatic carbocycles. The van der Waals surface area contributed by atoms with Gasteiger partial charge < -0.3 is 15.5 Å². The fourth-order valence-electron chi connectivity index (χ4n) is 2.22. The molecule has 2 heterocycles. The van der Waals surface area contributed by atoms with Crippen LogP contribution in [0.15, 0.2) is 6.33 Å². The van der Waals surface area contributed by atoms with Crippen molar-refractivity contribution in [2.24, 2.45) is 0 Å². The van der Waals surface area contributed by atoms with Gasteiger partial charge in [0.15, 0.2) is 0 Å². The summed E-state index contributed by atoms with van der Waals surface area (Å²) in [5, 5.41) is 16.7. The van der Waals surface area contributed by atoms with E-state index in [1.807, 2.05) is 6.92 Å². The van der Waals surface area contributed by atoms with Crippen LogP contribution in [0.25, 0.3) is 0 Å². The minimum atomic E-state index is -0.555. The van der Waals surface area contributed by atoms with Crippen molar-refractivity contribution in [2.45, 2.75) is 19.8 Å². The number of hydrogen-bond donors (Lipinski definition) is 2. The molecule has 0 spiro atoms. The first-order valence-corrected chi connectivity index (χ1v) is 6.88. The number of likely N-dealkylation sites (tertiary alicyclic amines) is 1. The average molecular weight is 294 g/mol. The van der Waals surface area contributed by atoms with Crippen LogP contribution < -0.4 is 10.6 Å². The lowest BCUT2D eigenvalue weighted by atomic mass is 10.4. The minimum Gasteiger partial charge on any atom is -0.364 e. The summed E-state index contributed by atoms with van der Waals surface area (Å²) in [4.78, 5) is 32.0. The van der Waals surface area contributed by atoms with Crippen molar-refractivity contribution in [2.75, 3.05) is 36.8 Å². The summed E-state index contributed by atoms with van der Waals surface area (Å²) in [6, 6.07) is 0. The lowest BCUT2D eigenvalue weighted by Gasteiger charge is -2.15. The van der Waals surface area contributed by atoms with Crippen molar-refractivity contribution < 1.29 is 9.72 Å². The van der Waals surface area contributed by atoms with Crippen molar-refractivity contribution in [1.82, 2.24) is 14.9 Å². The van der Waals surface area contributed by atoms with E-state index in [0.29, 0.717) is 6.54 Å². The molecule has 9 nitrogen and oxygen atoms in total. The van der Waals surface area contributed by atoms with Crippen LogP contribution in [0.1, 0.15) is 19.8 Å². The van der Waals surface area contributed by atoms with Gasteiger partial charge in [-0.15, -0.1) is 0 Å². The molecule has 1 aliphatic rings. The zero-order chi connectivity index (χ0) is 15.2. The Bertz CT molecular complexity index is 530. The molecule has 0 unspecified atom stereocenters. The smallest absolute Gasteiger partial charge is 0.353 e. The van der Waals surface area contributed by atoms with E-state index in [9.17, 15) is 14.9 Å². The Morgan fingerprint density at radius 1 is 1.33 bits per heavy atom. The molecule has 1 aliphatic heterocycles. The van der Waals surface area contributed by atoms with Gasteiger partial charge in [-0.05, 0) is 19.8 Å². The Balaban J connectivity index is 2.09. The highest BCUT2D eigenvalue weighted by atomic mass is 16.6. The summed E-state index contributed by atoms with van der Waals surface area (Å²) in [5.41, 5.74) is -0.242. The third-order valence-electron chi connectivity index (χ3n) is 3.21. The maximum Gasteiger partial charge on any atom is 0.353 e. The Morgan fingerprint density at radius 2 is 1.95 bits per heavy atom. The molecule has 2 rings (SSSR count). The molecular formula is C12H18N6O3. The number of amides is 1. The SMILES string of the molecule is CCNc1ncnc(NCC(=O)N2CCCC2)c1[N+](=O)[O-]. The van der Waals surface area contributed by atoms with Gasteiger partial charge in [-0.3, -0.25) is 14.9 Å². The molecule has 1 aromatic heterocycles. The zero-order valence-corrected chi connectivity index (χ0v) is 11.8. The van der Waals surface area contributed by atoms with Gasteiger partial charge in [0, 0.05) is 19.6 Å². The second-order valence-corrected chi connectivity index (χ2v) is 4.65. The largest absolute Gasteiger partial charge is 0.364 e. The number of anilines is 2. The van der Waals surface area contributed by atoms with Crippen molar-refractivity contribution >= 4 is 23.2 Å². The van der Waals surface area contributed by atoms with E-state index in [0.717, 1.165) is 25.9 Å². The van der Waals surface area contributed by atoms with Gasteiger partial charge in [-0.2, -0.15) is 0 Å². The van der Waals surface area contributed by atoms with Crippen molar-refractivity contribution in [3.63, 3.8) is 0 Å². The van der Waals surface area contributed by atoms with Crippen LogP contribution in [0, 0.1) is 10.1 Å². The van der Waals surface area contributed by atoms with Gasteiger partial charge in [0.25, 0.3) is 0 Å². The van der Waals surface area contributed by atoms with Gasteiger partial charge in [-0.1, -0.05) is 0 Å². The highest BCUT2D eigenvalue weighted by Crippen LogP contribution is 2.28. The van der Waals surface area contributed by atoms with Crippen LogP contribution in [-0.4, -0.2) is 51.9 Å². The third kappa shape index (κ3) is 3.56. The van der Waals surface area contributed by atoms with Crippen LogP contribution in [0.3, 0.4) is 0 Å². The quantitative estimate of drug-likeness (QED) is 0.590. The molecule has 0 atom stereocenters. The number of rotatable bonds is 6. The normalized spacial score (nSPS) is 14.0. The number of carbonyl (C=O) groups excluding carboxylic acids is 1. The van der Waals surface area contributed by atoms with Crippen LogP contribution in [0.2, 0.25) is 0 Å². The van der Waals surface area contributed by atoms with E-state index in [-0.39, 0.29) is 29.8 Å². The predicted octanol–water partition coefficient (Wildman–Crippen LogP) is 0.851. The number of nitro groups is 1. The number of aromatic nitrogens is 2. The molecule has 1 aromatic rings. The topological polar surface area (TPSA) is 113 Å². The van der Waals surface area contributed by atoms with E-state index < -0.39 is 4.92 Å². The van der Waals surface area contributed by atoms with Crippen LogP contribution in [-0.2, 0) is 4.79 Å². The molecule has 2 N–H and O–H groups in total. The summed E-state index contributed by atoms with van der Waals surface area (Å²) >= 11 is 0. The van der Waals surface area contributed by atoms with Crippen molar-refractivity contribution in [3.8, 4) is 0 Å². The van der Waals surface area contributed by atoms with Crippen molar-refractivity contribution in [3.05, 3.63) is 16.4 Å². The molecule has 1 amide bonds. The second-order valence-electron chi connectivity index (χ2n) is 4.65. The summed E-state index contributed by atoms with van der Waals surface area (Å²) in [7, 11) is 0.